The van der Waals surface area contributed by atoms with Crippen LogP contribution in [0.5, 0.6) is 5.75 Å². The molecule has 29 heavy (non-hydrogen) atoms. The van der Waals surface area contributed by atoms with Crippen LogP contribution in [0, 0.1) is 0 Å². The fraction of sp³-hybridized carbons (Fsp3) is 0.167. The van der Waals surface area contributed by atoms with Crippen LogP contribution in [0.3, 0.4) is 0 Å². The SMILES string of the molecule is COc1ccc(CCC(=O)Nc2ccccc2C(=O)NCc2ccccc2)cc1. The molecule has 3 aromatic carbocycles. The van der Waals surface area contributed by atoms with Gasteiger partial charge in [-0.25, -0.2) is 0 Å². The van der Waals surface area contributed by atoms with Crippen molar-refractivity contribution in [2.45, 2.75) is 19.4 Å². The standard InChI is InChI=1S/C24H24N2O3/c1-29-20-14-11-18(12-15-20)13-16-23(27)26-22-10-6-5-9-21(22)24(28)25-17-19-7-3-2-4-8-19/h2-12,14-15H,13,16-17H2,1H3,(H,25,28)(H,26,27). The van der Waals surface area contributed by atoms with E-state index in [1.165, 1.54) is 0 Å². The Labute approximate surface area is 170 Å². The highest BCUT2D eigenvalue weighted by atomic mass is 16.5. The molecule has 3 rings (SSSR count). The van der Waals surface area contributed by atoms with E-state index in [2.05, 4.69) is 10.6 Å². The Morgan fingerprint density at radius 2 is 1.52 bits per heavy atom. The molecule has 0 saturated carbocycles. The first-order valence-corrected chi connectivity index (χ1v) is 9.49. The van der Waals surface area contributed by atoms with Gasteiger partial charge in [-0.05, 0) is 41.8 Å². The number of carbonyl (C=O) groups is 2. The number of anilines is 1. The van der Waals surface area contributed by atoms with Gasteiger partial charge in [-0.2, -0.15) is 0 Å². The Hall–Kier alpha value is -3.60. The highest BCUT2D eigenvalue weighted by Crippen LogP contribution is 2.17. The van der Waals surface area contributed by atoms with E-state index in [0.29, 0.717) is 30.6 Å². The molecule has 0 spiro atoms. The maximum Gasteiger partial charge on any atom is 0.253 e. The van der Waals surface area contributed by atoms with Crippen LogP contribution in [0.25, 0.3) is 0 Å². The molecule has 0 heterocycles. The van der Waals surface area contributed by atoms with Crippen molar-refractivity contribution in [1.82, 2.24) is 5.32 Å². The topological polar surface area (TPSA) is 67.4 Å². The molecule has 2 amide bonds. The summed E-state index contributed by atoms with van der Waals surface area (Å²) < 4.78 is 5.14. The third kappa shape index (κ3) is 5.94. The lowest BCUT2D eigenvalue weighted by molar-refractivity contribution is -0.116. The molecule has 0 radical (unpaired) electrons. The van der Waals surface area contributed by atoms with Gasteiger partial charge in [0, 0.05) is 13.0 Å². The molecular weight excluding hydrogens is 364 g/mol. The van der Waals surface area contributed by atoms with Crippen molar-refractivity contribution < 1.29 is 14.3 Å². The number of aryl methyl sites for hydroxylation is 1. The largest absolute Gasteiger partial charge is 0.497 e. The van der Waals surface area contributed by atoms with Crippen molar-refractivity contribution in [1.29, 1.82) is 0 Å². The molecule has 0 aliphatic carbocycles. The fourth-order valence-corrected chi connectivity index (χ4v) is 2.93. The Balaban J connectivity index is 1.57. The summed E-state index contributed by atoms with van der Waals surface area (Å²) in [5, 5.41) is 5.75. The summed E-state index contributed by atoms with van der Waals surface area (Å²) in [6, 6.07) is 24.4. The maximum absolute atomic E-state index is 12.6. The third-order valence-electron chi connectivity index (χ3n) is 4.54. The smallest absolute Gasteiger partial charge is 0.253 e. The van der Waals surface area contributed by atoms with Crippen molar-refractivity contribution in [3.8, 4) is 5.75 Å². The van der Waals surface area contributed by atoms with Crippen LogP contribution in [-0.4, -0.2) is 18.9 Å². The van der Waals surface area contributed by atoms with Gasteiger partial charge in [-0.1, -0.05) is 54.6 Å². The molecule has 0 saturated heterocycles. The van der Waals surface area contributed by atoms with Gasteiger partial charge in [-0.3, -0.25) is 9.59 Å². The monoisotopic (exact) mass is 388 g/mol. The molecule has 5 nitrogen and oxygen atoms in total. The van der Waals surface area contributed by atoms with Gasteiger partial charge in [0.05, 0.1) is 18.4 Å². The predicted octanol–water partition coefficient (Wildman–Crippen LogP) is 4.20. The number of para-hydroxylation sites is 1. The van der Waals surface area contributed by atoms with Crippen molar-refractivity contribution in [2.75, 3.05) is 12.4 Å². The zero-order chi connectivity index (χ0) is 20.5. The number of hydrogen-bond acceptors (Lipinski definition) is 3. The Bertz CT molecular complexity index is 953. The lowest BCUT2D eigenvalue weighted by Gasteiger charge is -2.12. The van der Waals surface area contributed by atoms with E-state index < -0.39 is 0 Å². The Morgan fingerprint density at radius 3 is 2.24 bits per heavy atom. The van der Waals surface area contributed by atoms with Crippen LogP contribution in [-0.2, 0) is 17.8 Å². The number of ether oxygens (including phenoxy) is 1. The van der Waals surface area contributed by atoms with Crippen LogP contribution in [0.2, 0.25) is 0 Å². The lowest BCUT2D eigenvalue weighted by atomic mass is 10.1. The van der Waals surface area contributed by atoms with Crippen molar-refractivity contribution in [3.05, 3.63) is 95.6 Å². The fourth-order valence-electron chi connectivity index (χ4n) is 2.93. The summed E-state index contributed by atoms with van der Waals surface area (Å²) in [4.78, 5) is 25.0. The summed E-state index contributed by atoms with van der Waals surface area (Å²) in [6.07, 6.45) is 0.935. The summed E-state index contributed by atoms with van der Waals surface area (Å²) in [5.74, 6) is 0.428. The number of benzene rings is 3. The molecule has 0 bridgehead atoms. The van der Waals surface area contributed by atoms with Gasteiger partial charge < -0.3 is 15.4 Å². The zero-order valence-corrected chi connectivity index (χ0v) is 16.4. The van der Waals surface area contributed by atoms with Crippen LogP contribution < -0.4 is 15.4 Å². The van der Waals surface area contributed by atoms with Crippen LogP contribution in [0.4, 0.5) is 5.69 Å². The average molecular weight is 388 g/mol. The third-order valence-corrected chi connectivity index (χ3v) is 4.54. The van der Waals surface area contributed by atoms with E-state index in [0.717, 1.165) is 16.9 Å². The van der Waals surface area contributed by atoms with Gasteiger partial charge in [0.1, 0.15) is 5.75 Å². The Morgan fingerprint density at radius 1 is 0.828 bits per heavy atom. The van der Waals surface area contributed by atoms with Gasteiger partial charge in [-0.15, -0.1) is 0 Å². The minimum atomic E-state index is -0.222. The first kappa shape index (κ1) is 20.1. The number of hydrogen-bond donors (Lipinski definition) is 2. The summed E-state index contributed by atoms with van der Waals surface area (Å²) in [6.45, 7) is 0.430. The van der Waals surface area contributed by atoms with Gasteiger partial charge in [0.2, 0.25) is 5.91 Å². The molecule has 0 aliphatic heterocycles. The number of rotatable bonds is 8. The van der Waals surface area contributed by atoms with E-state index in [9.17, 15) is 9.59 Å². The lowest BCUT2D eigenvalue weighted by Crippen LogP contribution is -2.24. The second kappa shape index (κ2) is 10.1. The van der Waals surface area contributed by atoms with E-state index in [1.54, 1.807) is 31.4 Å². The average Bonchev–Trinajstić information content (AvgIpc) is 2.77. The first-order valence-electron chi connectivity index (χ1n) is 9.49. The molecule has 148 valence electrons. The van der Waals surface area contributed by atoms with Crippen molar-refractivity contribution in [3.63, 3.8) is 0 Å². The van der Waals surface area contributed by atoms with Gasteiger partial charge in [0.25, 0.3) is 5.91 Å². The molecule has 3 aromatic rings. The molecule has 2 N–H and O–H groups in total. The second-order valence-electron chi connectivity index (χ2n) is 6.61. The minimum Gasteiger partial charge on any atom is -0.497 e. The quantitative estimate of drug-likeness (QED) is 0.608. The maximum atomic E-state index is 12.6. The van der Waals surface area contributed by atoms with Gasteiger partial charge >= 0.3 is 0 Å². The number of nitrogens with one attached hydrogen (secondary N) is 2. The minimum absolute atomic E-state index is 0.135. The Kier molecular flexibility index (Phi) is 7.00. The van der Waals surface area contributed by atoms with Crippen LogP contribution in [0.1, 0.15) is 27.9 Å². The van der Waals surface area contributed by atoms with E-state index >= 15 is 0 Å². The summed E-state index contributed by atoms with van der Waals surface area (Å²) in [7, 11) is 1.62. The molecular formula is C24H24N2O3. The molecule has 0 unspecified atom stereocenters. The molecule has 5 heteroatoms. The highest BCUT2D eigenvalue weighted by molar-refractivity contribution is 6.03. The highest BCUT2D eigenvalue weighted by Gasteiger charge is 2.13. The summed E-state index contributed by atoms with van der Waals surface area (Å²) in [5.41, 5.74) is 3.02. The van der Waals surface area contributed by atoms with E-state index in [-0.39, 0.29) is 11.8 Å². The zero-order valence-electron chi connectivity index (χ0n) is 16.4. The molecule has 0 fully saturated rings. The number of amides is 2. The first-order chi connectivity index (χ1) is 14.2. The normalized spacial score (nSPS) is 10.2. The molecule has 0 aromatic heterocycles. The van der Waals surface area contributed by atoms with Gasteiger partial charge in [0.15, 0.2) is 0 Å². The second-order valence-corrected chi connectivity index (χ2v) is 6.61. The van der Waals surface area contributed by atoms with Crippen molar-refractivity contribution in [2.24, 2.45) is 0 Å². The molecule has 0 aliphatic rings. The summed E-state index contributed by atoms with van der Waals surface area (Å²) >= 11 is 0. The van der Waals surface area contributed by atoms with Crippen LogP contribution >= 0.6 is 0 Å². The molecule has 0 atom stereocenters. The van der Waals surface area contributed by atoms with E-state index in [1.807, 2.05) is 54.6 Å². The number of carbonyl (C=O) groups excluding carboxylic acids is 2. The number of methoxy groups -OCH3 is 1. The van der Waals surface area contributed by atoms with E-state index in [4.69, 9.17) is 4.74 Å². The van der Waals surface area contributed by atoms with Crippen molar-refractivity contribution >= 4 is 17.5 Å². The predicted molar refractivity (Wildman–Crippen MR) is 114 cm³/mol. The van der Waals surface area contributed by atoms with Crippen LogP contribution in [0.15, 0.2) is 78.9 Å².